The largest absolute Gasteiger partial charge is 0.315 e. The van der Waals surface area contributed by atoms with E-state index < -0.39 is 0 Å². The van der Waals surface area contributed by atoms with Crippen LogP contribution >= 0.6 is 0 Å². The molecule has 0 spiro atoms. The first-order valence-corrected chi connectivity index (χ1v) is 7.14. The number of nitrogens with one attached hydrogen (secondary N) is 1. The molecule has 2 aliphatic heterocycles. The number of nitrogens with zero attached hydrogens (tertiary/aromatic N) is 1. The Hall–Kier alpha value is -0.600. The lowest BCUT2D eigenvalue weighted by Crippen LogP contribution is -2.44. The highest BCUT2D eigenvalue weighted by molar-refractivity contribution is 5.37. The molecular formula is C15H26N2. The summed E-state index contributed by atoms with van der Waals surface area (Å²) in [5, 5.41) is 3.52. The second-order valence-corrected chi connectivity index (χ2v) is 5.24. The summed E-state index contributed by atoms with van der Waals surface area (Å²) in [5.74, 6) is 0. The van der Waals surface area contributed by atoms with Crippen LogP contribution in [0.25, 0.3) is 0 Å². The van der Waals surface area contributed by atoms with Crippen LogP contribution < -0.4 is 5.32 Å². The van der Waals surface area contributed by atoms with E-state index in [1.54, 1.807) is 11.1 Å². The molecular weight excluding hydrogens is 208 g/mol. The van der Waals surface area contributed by atoms with E-state index >= 15 is 0 Å². The van der Waals surface area contributed by atoms with E-state index in [-0.39, 0.29) is 0 Å². The van der Waals surface area contributed by atoms with Crippen LogP contribution in [0, 0.1) is 0 Å². The van der Waals surface area contributed by atoms with Crippen molar-refractivity contribution in [3.63, 3.8) is 0 Å². The summed E-state index contributed by atoms with van der Waals surface area (Å²) in [6, 6.07) is 0.756. The Morgan fingerprint density at radius 3 is 2.82 bits per heavy atom. The Labute approximate surface area is 106 Å². The molecule has 2 rings (SSSR count). The summed E-state index contributed by atoms with van der Waals surface area (Å²) in [6.07, 6.45) is 9.93. The molecule has 2 heteroatoms. The predicted molar refractivity (Wildman–Crippen MR) is 74.2 cm³/mol. The molecule has 17 heavy (non-hydrogen) atoms. The minimum atomic E-state index is 0.756. The third-order valence-corrected chi connectivity index (χ3v) is 3.97. The number of hydrogen-bond donors (Lipinski definition) is 1. The van der Waals surface area contributed by atoms with Crippen molar-refractivity contribution < 1.29 is 0 Å². The van der Waals surface area contributed by atoms with Gasteiger partial charge in [-0.3, -0.25) is 4.90 Å². The molecule has 2 heterocycles. The highest BCUT2D eigenvalue weighted by atomic mass is 15.2. The fourth-order valence-corrected chi connectivity index (χ4v) is 2.89. The van der Waals surface area contributed by atoms with Gasteiger partial charge in [0.2, 0.25) is 0 Å². The van der Waals surface area contributed by atoms with Gasteiger partial charge in [-0.1, -0.05) is 25.5 Å². The summed E-state index contributed by atoms with van der Waals surface area (Å²) in [4.78, 5) is 2.66. The van der Waals surface area contributed by atoms with E-state index in [4.69, 9.17) is 0 Å². The summed E-state index contributed by atoms with van der Waals surface area (Å²) < 4.78 is 0. The molecule has 0 bridgehead atoms. The number of hydrogen-bond acceptors (Lipinski definition) is 2. The van der Waals surface area contributed by atoms with Crippen LogP contribution in [0.15, 0.2) is 23.3 Å². The minimum absolute atomic E-state index is 0.756. The van der Waals surface area contributed by atoms with Crippen molar-refractivity contribution in [3.05, 3.63) is 23.3 Å². The standard InChI is InChI=1S/C15H26N2/c1-3-5-7-14-12-17(11-13(14)4-2)15-8-6-9-16-10-15/h4,7,15-16H,3,5-6,8-12H2,1-2H3/b13-4-,14-7-. The van der Waals surface area contributed by atoms with Gasteiger partial charge in [0.05, 0.1) is 0 Å². The van der Waals surface area contributed by atoms with E-state index in [1.165, 1.54) is 51.9 Å². The second kappa shape index (κ2) is 6.36. The molecule has 0 aromatic heterocycles. The minimum Gasteiger partial charge on any atom is -0.315 e. The molecule has 0 amide bonds. The fraction of sp³-hybridized carbons (Fsp3) is 0.733. The molecule has 0 aromatic carbocycles. The summed E-state index contributed by atoms with van der Waals surface area (Å²) in [5.41, 5.74) is 3.14. The number of unbranched alkanes of at least 4 members (excludes halogenated alkanes) is 1. The van der Waals surface area contributed by atoms with Crippen molar-refractivity contribution in [1.82, 2.24) is 10.2 Å². The van der Waals surface area contributed by atoms with Gasteiger partial charge in [0.25, 0.3) is 0 Å². The molecule has 0 aliphatic carbocycles. The highest BCUT2D eigenvalue weighted by Gasteiger charge is 2.27. The van der Waals surface area contributed by atoms with E-state index in [2.05, 4.69) is 36.2 Å². The quantitative estimate of drug-likeness (QED) is 0.808. The topological polar surface area (TPSA) is 15.3 Å². The van der Waals surface area contributed by atoms with Crippen molar-refractivity contribution in [2.45, 2.75) is 45.6 Å². The highest BCUT2D eigenvalue weighted by Crippen LogP contribution is 2.26. The second-order valence-electron chi connectivity index (χ2n) is 5.24. The molecule has 2 saturated heterocycles. The smallest absolute Gasteiger partial charge is 0.0240 e. The monoisotopic (exact) mass is 234 g/mol. The number of likely N-dealkylation sites (tertiary alicyclic amines) is 1. The van der Waals surface area contributed by atoms with Gasteiger partial charge in [0.1, 0.15) is 0 Å². The lowest BCUT2D eigenvalue weighted by molar-refractivity contribution is 0.212. The van der Waals surface area contributed by atoms with E-state index in [1.807, 2.05) is 0 Å². The van der Waals surface area contributed by atoms with Crippen molar-refractivity contribution in [2.24, 2.45) is 0 Å². The van der Waals surface area contributed by atoms with Crippen LogP contribution in [0.4, 0.5) is 0 Å². The summed E-state index contributed by atoms with van der Waals surface area (Å²) in [6.45, 7) is 9.16. The Kier molecular flexibility index (Phi) is 4.81. The maximum atomic E-state index is 3.52. The normalized spacial score (nSPS) is 31.5. The van der Waals surface area contributed by atoms with Gasteiger partial charge in [-0.25, -0.2) is 0 Å². The van der Waals surface area contributed by atoms with Crippen LogP contribution in [0.5, 0.6) is 0 Å². The first kappa shape index (κ1) is 12.8. The van der Waals surface area contributed by atoms with Crippen molar-refractivity contribution in [3.8, 4) is 0 Å². The molecule has 0 saturated carbocycles. The van der Waals surface area contributed by atoms with Crippen molar-refractivity contribution >= 4 is 0 Å². The first-order chi connectivity index (χ1) is 8.35. The molecule has 96 valence electrons. The molecule has 0 aromatic rings. The van der Waals surface area contributed by atoms with Gasteiger partial charge >= 0.3 is 0 Å². The SMILES string of the molecule is C/C=C1/CN(C2CCCNC2)C/C1=C/CCC. The Morgan fingerprint density at radius 1 is 1.35 bits per heavy atom. The van der Waals surface area contributed by atoms with Gasteiger partial charge in [0, 0.05) is 25.7 Å². The molecule has 2 nitrogen and oxygen atoms in total. The first-order valence-electron chi connectivity index (χ1n) is 7.14. The van der Waals surface area contributed by atoms with Gasteiger partial charge in [0.15, 0.2) is 0 Å². The number of piperidine rings is 1. The van der Waals surface area contributed by atoms with Crippen LogP contribution in [0.3, 0.4) is 0 Å². The molecule has 0 radical (unpaired) electrons. The van der Waals surface area contributed by atoms with E-state index in [0.717, 1.165) is 6.04 Å². The molecule has 1 atom stereocenters. The zero-order valence-electron chi connectivity index (χ0n) is 11.3. The Balaban J connectivity index is 1.98. The molecule has 1 unspecified atom stereocenters. The Morgan fingerprint density at radius 2 is 2.18 bits per heavy atom. The predicted octanol–water partition coefficient (Wildman–Crippen LogP) is 2.73. The van der Waals surface area contributed by atoms with Crippen LogP contribution in [-0.2, 0) is 0 Å². The number of allylic oxidation sites excluding steroid dienone is 2. The van der Waals surface area contributed by atoms with Crippen LogP contribution in [0.1, 0.15) is 39.5 Å². The lowest BCUT2D eigenvalue weighted by atomic mass is 10.1. The van der Waals surface area contributed by atoms with Gasteiger partial charge in [-0.05, 0) is 43.9 Å². The third-order valence-electron chi connectivity index (χ3n) is 3.97. The summed E-state index contributed by atoms with van der Waals surface area (Å²) >= 11 is 0. The van der Waals surface area contributed by atoms with E-state index in [9.17, 15) is 0 Å². The average Bonchev–Trinajstić information content (AvgIpc) is 2.80. The van der Waals surface area contributed by atoms with Crippen LogP contribution in [-0.4, -0.2) is 37.1 Å². The van der Waals surface area contributed by atoms with Crippen molar-refractivity contribution in [2.75, 3.05) is 26.2 Å². The van der Waals surface area contributed by atoms with E-state index in [0.29, 0.717) is 0 Å². The number of rotatable bonds is 3. The lowest BCUT2D eigenvalue weighted by Gasteiger charge is -2.30. The third kappa shape index (κ3) is 3.20. The average molecular weight is 234 g/mol. The zero-order valence-corrected chi connectivity index (χ0v) is 11.3. The van der Waals surface area contributed by atoms with Gasteiger partial charge in [-0.2, -0.15) is 0 Å². The summed E-state index contributed by atoms with van der Waals surface area (Å²) in [7, 11) is 0. The van der Waals surface area contributed by atoms with Crippen molar-refractivity contribution in [1.29, 1.82) is 0 Å². The maximum absolute atomic E-state index is 3.52. The van der Waals surface area contributed by atoms with Crippen LogP contribution in [0.2, 0.25) is 0 Å². The zero-order chi connectivity index (χ0) is 12.1. The maximum Gasteiger partial charge on any atom is 0.0240 e. The van der Waals surface area contributed by atoms with Gasteiger partial charge < -0.3 is 5.32 Å². The fourth-order valence-electron chi connectivity index (χ4n) is 2.89. The molecule has 1 N–H and O–H groups in total. The Bertz CT molecular complexity index is 298. The molecule has 2 aliphatic rings. The molecule has 2 fully saturated rings. The van der Waals surface area contributed by atoms with Gasteiger partial charge in [-0.15, -0.1) is 0 Å².